The Bertz CT molecular complexity index is 566. The molecular weight excluding hydrogens is 266 g/mol. The number of hydrogen-bond donors (Lipinski definition) is 1. The average molecular weight is 289 g/mol. The normalized spacial score (nSPS) is 22.0. The SMILES string of the molecule is CCN1CCCC(C(C)Nc2ccc3ncsc3c2)C1. The minimum Gasteiger partial charge on any atom is -0.382 e. The van der Waals surface area contributed by atoms with Crippen molar-refractivity contribution in [3.05, 3.63) is 23.7 Å². The van der Waals surface area contributed by atoms with Gasteiger partial charge in [0.05, 0.1) is 15.7 Å². The standard InChI is InChI=1S/C16H23N3S/c1-3-19-8-4-5-13(10-19)12(2)18-14-6-7-15-16(9-14)20-11-17-15/h6-7,9,11-13,18H,3-5,8,10H2,1-2H3. The van der Waals surface area contributed by atoms with Gasteiger partial charge in [0.25, 0.3) is 0 Å². The molecule has 0 amide bonds. The molecule has 3 rings (SSSR count). The first-order valence-corrected chi connectivity index (χ1v) is 8.46. The lowest BCUT2D eigenvalue weighted by atomic mass is 9.91. The van der Waals surface area contributed by atoms with Crippen molar-refractivity contribution in [2.24, 2.45) is 5.92 Å². The Balaban J connectivity index is 1.66. The molecule has 1 fully saturated rings. The molecule has 3 nitrogen and oxygen atoms in total. The number of fused-ring (bicyclic) bond motifs is 1. The van der Waals surface area contributed by atoms with E-state index in [0.717, 1.165) is 11.4 Å². The quantitative estimate of drug-likeness (QED) is 0.927. The molecule has 1 saturated heterocycles. The van der Waals surface area contributed by atoms with Crippen molar-refractivity contribution in [2.45, 2.75) is 32.7 Å². The van der Waals surface area contributed by atoms with Crippen LogP contribution < -0.4 is 5.32 Å². The number of hydrogen-bond acceptors (Lipinski definition) is 4. The monoisotopic (exact) mass is 289 g/mol. The van der Waals surface area contributed by atoms with E-state index in [0.29, 0.717) is 6.04 Å². The minimum atomic E-state index is 0.523. The van der Waals surface area contributed by atoms with Gasteiger partial charge in [-0.1, -0.05) is 6.92 Å². The molecule has 0 spiro atoms. The molecule has 0 radical (unpaired) electrons. The summed E-state index contributed by atoms with van der Waals surface area (Å²) in [6.45, 7) is 8.26. The van der Waals surface area contributed by atoms with Crippen molar-refractivity contribution >= 4 is 27.2 Å². The van der Waals surface area contributed by atoms with E-state index in [9.17, 15) is 0 Å². The third-order valence-corrected chi connectivity index (χ3v) is 5.21. The summed E-state index contributed by atoms with van der Waals surface area (Å²) in [6.07, 6.45) is 2.67. The molecule has 0 aliphatic carbocycles. The molecule has 1 aliphatic rings. The number of piperidine rings is 1. The highest BCUT2D eigenvalue weighted by molar-refractivity contribution is 7.16. The van der Waals surface area contributed by atoms with Crippen LogP contribution >= 0.6 is 11.3 Å². The molecule has 4 heteroatoms. The highest BCUT2D eigenvalue weighted by atomic mass is 32.1. The van der Waals surface area contributed by atoms with Crippen LogP contribution in [0.4, 0.5) is 5.69 Å². The fourth-order valence-electron chi connectivity index (χ4n) is 3.11. The summed E-state index contributed by atoms with van der Waals surface area (Å²) >= 11 is 1.71. The van der Waals surface area contributed by atoms with Gasteiger partial charge in [0, 0.05) is 18.3 Å². The van der Waals surface area contributed by atoms with E-state index >= 15 is 0 Å². The maximum absolute atomic E-state index is 4.33. The van der Waals surface area contributed by atoms with Gasteiger partial charge >= 0.3 is 0 Å². The third-order valence-electron chi connectivity index (χ3n) is 4.42. The zero-order valence-electron chi connectivity index (χ0n) is 12.3. The Morgan fingerprint density at radius 2 is 2.40 bits per heavy atom. The number of rotatable bonds is 4. The highest BCUT2D eigenvalue weighted by Crippen LogP contribution is 2.25. The molecule has 1 aromatic carbocycles. The van der Waals surface area contributed by atoms with Gasteiger partial charge in [-0.2, -0.15) is 0 Å². The lowest BCUT2D eigenvalue weighted by Gasteiger charge is -2.35. The second-order valence-corrected chi connectivity index (χ2v) is 6.65. The maximum atomic E-state index is 4.33. The smallest absolute Gasteiger partial charge is 0.0813 e. The van der Waals surface area contributed by atoms with Crippen LogP contribution in [0.1, 0.15) is 26.7 Å². The topological polar surface area (TPSA) is 28.2 Å². The van der Waals surface area contributed by atoms with Crippen LogP contribution in [0.25, 0.3) is 10.2 Å². The van der Waals surface area contributed by atoms with Crippen molar-refractivity contribution in [1.82, 2.24) is 9.88 Å². The van der Waals surface area contributed by atoms with Crippen LogP contribution in [0.5, 0.6) is 0 Å². The average Bonchev–Trinajstić information content (AvgIpc) is 2.95. The van der Waals surface area contributed by atoms with E-state index in [1.54, 1.807) is 11.3 Å². The van der Waals surface area contributed by atoms with E-state index in [2.05, 4.69) is 47.2 Å². The van der Waals surface area contributed by atoms with Crippen LogP contribution in [0, 0.1) is 5.92 Å². The molecule has 1 N–H and O–H groups in total. The van der Waals surface area contributed by atoms with E-state index < -0.39 is 0 Å². The molecule has 2 unspecified atom stereocenters. The summed E-state index contributed by atoms with van der Waals surface area (Å²) in [5.74, 6) is 0.751. The highest BCUT2D eigenvalue weighted by Gasteiger charge is 2.23. The molecule has 2 atom stereocenters. The Kier molecular flexibility index (Phi) is 4.22. The molecule has 0 saturated carbocycles. The largest absolute Gasteiger partial charge is 0.382 e. The summed E-state index contributed by atoms with van der Waals surface area (Å²) in [5, 5.41) is 3.69. The lowest BCUT2D eigenvalue weighted by molar-refractivity contribution is 0.172. The first-order valence-electron chi connectivity index (χ1n) is 7.58. The van der Waals surface area contributed by atoms with E-state index in [1.807, 2.05) is 5.51 Å². The molecule has 2 heterocycles. The van der Waals surface area contributed by atoms with Crippen LogP contribution in [0.15, 0.2) is 23.7 Å². The first kappa shape index (κ1) is 13.8. The molecule has 20 heavy (non-hydrogen) atoms. The zero-order chi connectivity index (χ0) is 13.9. The Morgan fingerprint density at radius 1 is 1.50 bits per heavy atom. The van der Waals surface area contributed by atoms with Crippen LogP contribution in [0.2, 0.25) is 0 Å². The Hall–Kier alpha value is -1.13. The van der Waals surface area contributed by atoms with Crippen molar-refractivity contribution in [3.8, 4) is 0 Å². The molecule has 2 aromatic rings. The minimum absolute atomic E-state index is 0.523. The number of aromatic nitrogens is 1. The number of nitrogens with zero attached hydrogens (tertiary/aromatic N) is 2. The van der Waals surface area contributed by atoms with Gasteiger partial charge < -0.3 is 10.2 Å². The van der Waals surface area contributed by atoms with Gasteiger partial charge in [-0.05, 0) is 57.0 Å². The molecule has 1 aliphatic heterocycles. The van der Waals surface area contributed by atoms with Gasteiger partial charge in [-0.15, -0.1) is 11.3 Å². The number of nitrogens with one attached hydrogen (secondary N) is 1. The number of thiazole rings is 1. The Morgan fingerprint density at radius 3 is 3.25 bits per heavy atom. The Labute approximate surface area is 125 Å². The molecule has 1 aromatic heterocycles. The van der Waals surface area contributed by atoms with Crippen molar-refractivity contribution in [3.63, 3.8) is 0 Å². The fourth-order valence-corrected chi connectivity index (χ4v) is 3.83. The molecular formula is C16H23N3S. The maximum Gasteiger partial charge on any atom is 0.0813 e. The predicted molar refractivity (Wildman–Crippen MR) is 87.5 cm³/mol. The van der Waals surface area contributed by atoms with Gasteiger partial charge in [0.2, 0.25) is 0 Å². The lowest BCUT2D eigenvalue weighted by Crippen LogP contribution is -2.41. The molecule has 108 valence electrons. The number of anilines is 1. The van der Waals surface area contributed by atoms with Crippen molar-refractivity contribution in [1.29, 1.82) is 0 Å². The third kappa shape index (κ3) is 2.96. The summed E-state index contributed by atoms with van der Waals surface area (Å²) in [4.78, 5) is 6.90. The van der Waals surface area contributed by atoms with Crippen molar-refractivity contribution < 1.29 is 0 Å². The number of likely N-dealkylation sites (tertiary alicyclic amines) is 1. The zero-order valence-corrected chi connectivity index (χ0v) is 13.1. The first-order chi connectivity index (χ1) is 9.76. The van der Waals surface area contributed by atoms with Gasteiger partial charge in [-0.25, -0.2) is 4.98 Å². The fraction of sp³-hybridized carbons (Fsp3) is 0.562. The summed E-state index contributed by atoms with van der Waals surface area (Å²) in [6, 6.07) is 7.01. The summed E-state index contributed by atoms with van der Waals surface area (Å²) < 4.78 is 1.26. The van der Waals surface area contributed by atoms with Gasteiger partial charge in [0.1, 0.15) is 0 Å². The molecule has 0 bridgehead atoms. The van der Waals surface area contributed by atoms with Crippen LogP contribution in [0.3, 0.4) is 0 Å². The summed E-state index contributed by atoms with van der Waals surface area (Å²) in [7, 11) is 0. The van der Waals surface area contributed by atoms with Gasteiger partial charge in [0.15, 0.2) is 0 Å². The van der Waals surface area contributed by atoms with E-state index in [-0.39, 0.29) is 0 Å². The predicted octanol–water partition coefficient (Wildman–Crippen LogP) is 3.83. The second-order valence-electron chi connectivity index (χ2n) is 5.76. The van der Waals surface area contributed by atoms with E-state index in [4.69, 9.17) is 0 Å². The number of benzene rings is 1. The van der Waals surface area contributed by atoms with Crippen molar-refractivity contribution in [2.75, 3.05) is 25.0 Å². The van der Waals surface area contributed by atoms with Crippen LogP contribution in [-0.4, -0.2) is 35.6 Å². The van der Waals surface area contributed by atoms with E-state index in [1.165, 1.54) is 42.9 Å². The summed E-state index contributed by atoms with van der Waals surface area (Å²) in [5.41, 5.74) is 4.24. The van der Waals surface area contributed by atoms with Gasteiger partial charge in [-0.3, -0.25) is 0 Å². The van der Waals surface area contributed by atoms with Crippen LogP contribution in [-0.2, 0) is 0 Å². The second kappa shape index (κ2) is 6.10.